The third-order valence-corrected chi connectivity index (χ3v) is 3.70. The molecule has 2 nitrogen and oxygen atoms in total. The van der Waals surface area contributed by atoms with Gasteiger partial charge in [-0.15, -0.1) is 0 Å². The average Bonchev–Trinajstić information content (AvgIpc) is 2.37. The van der Waals surface area contributed by atoms with Crippen LogP contribution >= 0.6 is 0 Å². The minimum atomic E-state index is 0.0990. The molecular formula is C19H25NO. The Hall–Kier alpha value is -1.80. The summed E-state index contributed by atoms with van der Waals surface area (Å²) < 4.78 is 5.43. The van der Waals surface area contributed by atoms with Gasteiger partial charge in [-0.1, -0.05) is 47.0 Å². The minimum Gasteiger partial charge on any atom is -0.496 e. The van der Waals surface area contributed by atoms with Crippen molar-refractivity contribution < 1.29 is 4.74 Å². The highest BCUT2D eigenvalue weighted by Crippen LogP contribution is 2.22. The van der Waals surface area contributed by atoms with E-state index in [4.69, 9.17) is 10.5 Å². The summed E-state index contributed by atoms with van der Waals surface area (Å²) >= 11 is 0. The molecule has 0 heterocycles. The van der Waals surface area contributed by atoms with Crippen molar-refractivity contribution >= 4 is 0 Å². The highest BCUT2D eigenvalue weighted by atomic mass is 16.5. The number of ether oxygens (including phenoxy) is 1. The first-order chi connectivity index (χ1) is 9.97. The summed E-state index contributed by atoms with van der Waals surface area (Å²) in [5.41, 5.74) is 12.7. The molecule has 2 N–H and O–H groups in total. The quantitative estimate of drug-likeness (QED) is 0.907. The van der Waals surface area contributed by atoms with Gasteiger partial charge in [0, 0.05) is 6.04 Å². The monoisotopic (exact) mass is 283 g/mol. The molecule has 0 aromatic heterocycles. The second-order valence-electron chi connectivity index (χ2n) is 5.98. The summed E-state index contributed by atoms with van der Waals surface area (Å²) in [6.07, 6.45) is 1.72. The van der Waals surface area contributed by atoms with Gasteiger partial charge in [-0.25, -0.2) is 0 Å². The van der Waals surface area contributed by atoms with Gasteiger partial charge < -0.3 is 10.5 Å². The zero-order valence-electron chi connectivity index (χ0n) is 13.4. The van der Waals surface area contributed by atoms with E-state index in [9.17, 15) is 0 Å². The molecular weight excluding hydrogens is 258 g/mol. The smallest absolute Gasteiger partial charge is 0.122 e. The third-order valence-electron chi connectivity index (χ3n) is 3.70. The Morgan fingerprint density at radius 3 is 2.19 bits per heavy atom. The molecule has 0 bridgehead atoms. The predicted molar refractivity (Wildman–Crippen MR) is 89.0 cm³/mol. The molecule has 21 heavy (non-hydrogen) atoms. The molecule has 0 saturated heterocycles. The van der Waals surface area contributed by atoms with Crippen LogP contribution in [-0.2, 0) is 12.8 Å². The third kappa shape index (κ3) is 4.33. The summed E-state index contributed by atoms with van der Waals surface area (Å²) in [6.45, 7) is 6.36. The molecule has 0 aliphatic heterocycles. The standard InChI is InChI=1S/C19H25NO/c1-13-5-6-19(21-4)17(10-13)12-18(20)11-16-8-14(2)7-15(3)9-16/h5-10,18H,11-12,20H2,1-4H3. The predicted octanol–water partition coefficient (Wildman–Crippen LogP) is 3.73. The van der Waals surface area contributed by atoms with Gasteiger partial charge in [0.25, 0.3) is 0 Å². The average molecular weight is 283 g/mol. The highest BCUT2D eigenvalue weighted by molar-refractivity contribution is 5.38. The zero-order valence-corrected chi connectivity index (χ0v) is 13.4. The summed E-state index contributed by atoms with van der Waals surface area (Å²) in [5, 5.41) is 0. The number of aryl methyl sites for hydroxylation is 3. The number of methoxy groups -OCH3 is 1. The highest BCUT2D eigenvalue weighted by Gasteiger charge is 2.10. The zero-order chi connectivity index (χ0) is 15.4. The molecule has 0 spiro atoms. The van der Waals surface area contributed by atoms with E-state index in [1.165, 1.54) is 27.8 Å². The molecule has 2 rings (SSSR count). The molecule has 0 fully saturated rings. The van der Waals surface area contributed by atoms with Crippen LogP contribution in [0.4, 0.5) is 0 Å². The van der Waals surface area contributed by atoms with Gasteiger partial charge in [0.2, 0.25) is 0 Å². The van der Waals surface area contributed by atoms with Gasteiger partial charge in [-0.05, 0) is 50.8 Å². The van der Waals surface area contributed by atoms with Crippen molar-refractivity contribution in [2.75, 3.05) is 7.11 Å². The van der Waals surface area contributed by atoms with E-state index in [0.29, 0.717) is 0 Å². The molecule has 0 aliphatic carbocycles. The number of rotatable bonds is 5. The van der Waals surface area contributed by atoms with Crippen LogP contribution in [0.25, 0.3) is 0 Å². The second-order valence-corrected chi connectivity index (χ2v) is 5.98. The van der Waals surface area contributed by atoms with Gasteiger partial charge in [-0.3, -0.25) is 0 Å². The van der Waals surface area contributed by atoms with E-state index in [-0.39, 0.29) is 6.04 Å². The minimum absolute atomic E-state index is 0.0990. The van der Waals surface area contributed by atoms with Crippen LogP contribution in [-0.4, -0.2) is 13.2 Å². The van der Waals surface area contributed by atoms with Gasteiger partial charge in [0.15, 0.2) is 0 Å². The van der Waals surface area contributed by atoms with Gasteiger partial charge >= 0.3 is 0 Å². The Morgan fingerprint density at radius 2 is 1.57 bits per heavy atom. The number of hydrogen-bond donors (Lipinski definition) is 1. The van der Waals surface area contributed by atoms with Crippen LogP contribution in [0, 0.1) is 20.8 Å². The molecule has 0 aliphatic rings. The van der Waals surface area contributed by atoms with E-state index < -0.39 is 0 Å². The van der Waals surface area contributed by atoms with Crippen molar-refractivity contribution in [2.24, 2.45) is 5.73 Å². The molecule has 2 aromatic rings. The van der Waals surface area contributed by atoms with E-state index >= 15 is 0 Å². The van der Waals surface area contributed by atoms with Crippen LogP contribution in [0.5, 0.6) is 5.75 Å². The Labute approximate surface area is 127 Å². The molecule has 0 radical (unpaired) electrons. The largest absolute Gasteiger partial charge is 0.496 e. The van der Waals surface area contributed by atoms with Gasteiger partial charge in [0.1, 0.15) is 5.75 Å². The van der Waals surface area contributed by atoms with E-state index in [1.807, 2.05) is 6.07 Å². The van der Waals surface area contributed by atoms with Crippen molar-refractivity contribution in [2.45, 2.75) is 39.7 Å². The van der Waals surface area contributed by atoms with Crippen molar-refractivity contribution in [3.05, 3.63) is 64.2 Å². The van der Waals surface area contributed by atoms with Crippen LogP contribution in [0.3, 0.4) is 0 Å². The summed E-state index contributed by atoms with van der Waals surface area (Å²) in [7, 11) is 1.71. The molecule has 2 aromatic carbocycles. The van der Waals surface area contributed by atoms with Crippen molar-refractivity contribution in [1.82, 2.24) is 0 Å². The lowest BCUT2D eigenvalue weighted by atomic mass is 9.96. The second kappa shape index (κ2) is 6.77. The molecule has 2 heteroatoms. The number of benzene rings is 2. The van der Waals surface area contributed by atoms with E-state index in [2.05, 4.69) is 51.1 Å². The molecule has 0 saturated carbocycles. The molecule has 1 atom stereocenters. The number of nitrogens with two attached hydrogens (primary N) is 1. The molecule has 0 amide bonds. The first-order valence-electron chi connectivity index (χ1n) is 7.44. The summed E-state index contributed by atoms with van der Waals surface area (Å²) in [5.74, 6) is 0.927. The van der Waals surface area contributed by atoms with Crippen LogP contribution in [0.1, 0.15) is 27.8 Å². The summed E-state index contributed by atoms with van der Waals surface area (Å²) in [4.78, 5) is 0. The lowest BCUT2D eigenvalue weighted by molar-refractivity contribution is 0.407. The fourth-order valence-corrected chi connectivity index (χ4v) is 2.91. The Bertz CT molecular complexity index is 599. The lowest BCUT2D eigenvalue weighted by Crippen LogP contribution is -2.25. The Morgan fingerprint density at radius 1 is 0.905 bits per heavy atom. The fraction of sp³-hybridized carbons (Fsp3) is 0.368. The maximum atomic E-state index is 6.36. The SMILES string of the molecule is COc1ccc(C)cc1CC(N)Cc1cc(C)cc(C)c1. The first-order valence-corrected chi connectivity index (χ1v) is 7.44. The maximum absolute atomic E-state index is 6.36. The van der Waals surface area contributed by atoms with E-state index in [0.717, 1.165) is 18.6 Å². The molecule has 112 valence electrons. The fourth-order valence-electron chi connectivity index (χ4n) is 2.91. The van der Waals surface area contributed by atoms with Crippen LogP contribution in [0.2, 0.25) is 0 Å². The summed E-state index contributed by atoms with van der Waals surface area (Å²) in [6, 6.07) is 13.0. The maximum Gasteiger partial charge on any atom is 0.122 e. The van der Waals surface area contributed by atoms with E-state index in [1.54, 1.807) is 7.11 Å². The van der Waals surface area contributed by atoms with Crippen molar-refractivity contribution in [1.29, 1.82) is 0 Å². The van der Waals surface area contributed by atoms with Crippen molar-refractivity contribution in [3.8, 4) is 5.75 Å². The van der Waals surface area contributed by atoms with Crippen LogP contribution in [0.15, 0.2) is 36.4 Å². The van der Waals surface area contributed by atoms with Crippen LogP contribution < -0.4 is 10.5 Å². The van der Waals surface area contributed by atoms with Gasteiger partial charge in [-0.2, -0.15) is 0 Å². The van der Waals surface area contributed by atoms with Crippen molar-refractivity contribution in [3.63, 3.8) is 0 Å². The first kappa shape index (κ1) is 15.6. The topological polar surface area (TPSA) is 35.2 Å². The molecule has 1 unspecified atom stereocenters. The van der Waals surface area contributed by atoms with Gasteiger partial charge in [0.05, 0.1) is 7.11 Å². The normalized spacial score (nSPS) is 12.2. The Balaban J connectivity index is 2.11. The Kier molecular flexibility index (Phi) is 5.03. The number of hydrogen-bond acceptors (Lipinski definition) is 2. The lowest BCUT2D eigenvalue weighted by Gasteiger charge is -2.16.